The van der Waals surface area contributed by atoms with Gasteiger partial charge in [-0.1, -0.05) is 6.07 Å². The van der Waals surface area contributed by atoms with Crippen molar-refractivity contribution in [2.24, 2.45) is 0 Å². The Morgan fingerprint density at radius 3 is 1.03 bits per heavy atom. The third kappa shape index (κ3) is 2.92. The summed E-state index contributed by atoms with van der Waals surface area (Å²) in [6.45, 7) is 0. The summed E-state index contributed by atoms with van der Waals surface area (Å²) in [7, 11) is 0. The average Bonchev–Trinajstić information content (AvgIpc) is 2.74. The summed E-state index contributed by atoms with van der Waals surface area (Å²) in [5.41, 5.74) is -8.51. The number of hydrogen-bond acceptors (Lipinski definition) is 0. The maximum atomic E-state index is 14.5. The average molecular weight is 459 g/mol. The highest BCUT2D eigenvalue weighted by Gasteiger charge is 2.50. The van der Waals surface area contributed by atoms with Crippen LogP contribution in [0.15, 0.2) is 30.6 Å². The highest BCUT2D eigenvalue weighted by atomic mass is 35.5. The Labute approximate surface area is 166 Å². The van der Waals surface area contributed by atoms with E-state index in [0.29, 0.717) is 4.48 Å². The molecule has 0 aliphatic rings. The lowest BCUT2D eigenvalue weighted by molar-refractivity contribution is -0.537. The second kappa shape index (κ2) is 7.49. The van der Waals surface area contributed by atoms with Gasteiger partial charge in [0, 0.05) is 0 Å². The molecule has 0 aliphatic carbocycles. The van der Waals surface area contributed by atoms with Crippen LogP contribution < -0.4 is 15.4 Å². The van der Waals surface area contributed by atoms with Crippen LogP contribution in [0, 0.1) is 58.2 Å². The van der Waals surface area contributed by atoms with E-state index < -0.39 is 74.8 Å². The molecule has 1 heterocycles. The van der Waals surface area contributed by atoms with Crippen molar-refractivity contribution in [3.05, 3.63) is 88.8 Å². The molecule has 3 aromatic rings. The number of halogens is 11. The van der Waals surface area contributed by atoms with Crippen molar-refractivity contribution in [1.82, 2.24) is 0 Å². The molecule has 13 heteroatoms. The van der Waals surface area contributed by atoms with Gasteiger partial charge in [-0.05, 0) is 23.1 Å². The molecule has 0 bridgehead atoms. The predicted molar refractivity (Wildman–Crippen MR) is 85.4 cm³/mol. The lowest BCUT2D eigenvalue weighted by Crippen LogP contribution is -2.78. The smallest absolute Gasteiger partial charge is 0.405 e. The van der Waals surface area contributed by atoms with E-state index in [-0.39, 0.29) is 0 Å². The molecule has 0 amide bonds. The molecule has 2 aromatic carbocycles. The van der Waals surface area contributed by atoms with Crippen molar-refractivity contribution in [3.63, 3.8) is 0 Å². The monoisotopic (exact) mass is 459 g/mol. The zero-order valence-electron chi connectivity index (χ0n) is 14.1. The van der Waals surface area contributed by atoms with Crippen molar-refractivity contribution in [2.75, 3.05) is 0 Å². The number of hydrogen-bond donors (Lipinski definition) is 0. The van der Waals surface area contributed by atoms with Gasteiger partial charge in [-0.15, -0.1) is 0 Å². The third-order valence-electron chi connectivity index (χ3n) is 4.40. The van der Waals surface area contributed by atoms with Gasteiger partial charge in [0.15, 0.2) is 34.9 Å². The lowest BCUT2D eigenvalue weighted by atomic mass is 9.47. The lowest BCUT2D eigenvalue weighted by Gasteiger charge is -2.31. The standard InChI is InChI=1S/C17H5BClF10N/c19-18(30-4-2-1-3-5-30,6-8(20)12(24)16(28)13(25)9(6)21)7-10(22)14(26)17(29)15(27)11(7)23/h1-5H. The van der Waals surface area contributed by atoms with Crippen LogP contribution in [0.2, 0.25) is 0 Å². The summed E-state index contributed by atoms with van der Waals surface area (Å²) >= 11 is 6.08. The molecular formula is C17H5BClF10N. The first-order chi connectivity index (χ1) is 14.0. The second-order valence-electron chi connectivity index (χ2n) is 6.01. The molecule has 30 heavy (non-hydrogen) atoms. The van der Waals surface area contributed by atoms with Gasteiger partial charge in [0.25, 0.3) is 0 Å². The van der Waals surface area contributed by atoms with Crippen LogP contribution in [0.5, 0.6) is 0 Å². The second-order valence-corrected chi connectivity index (χ2v) is 6.64. The van der Waals surface area contributed by atoms with Crippen molar-refractivity contribution < 1.29 is 48.4 Å². The molecule has 0 N–H and O–H groups in total. The number of aromatic nitrogens is 1. The summed E-state index contributed by atoms with van der Waals surface area (Å²) in [6, 6.07) is 3.40. The summed E-state index contributed by atoms with van der Waals surface area (Å²) in [5.74, 6) is -25.8. The van der Waals surface area contributed by atoms with Gasteiger partial charge in [0.1, 0.15) is 35.7 Å². The Morgan fingerprint density at radius 1 is 0.467 bits per heavy atom. The first kappa shape index (κ1) is 21.9. The molecule has 158 valence electrons. The van der Waals surface area contributed by atoms with Crippen LogP contribution >= 0.6 is 11.5 Å². The van der Waals surface area contributed by atoms with E-state index in [1.807, 2.05) is 0 Å². The van der Waals surface area contributed by atoms with Crippen LogP contribution in [0.1, 0.15) is 0 Å². The summed E-state index contributed by atoms with van der Waals surface area (Å²) in [6.07, 6.45) is 1.56. The maximum Gasteiger partial charge on any atom is 0.428 e. The molecule has 0 fully saturated rings. The van der Waals surface area contributed by atoms with Crippen molar-refractivity contribution >= 4 is 28.1 Å². The van der Waals surface area contributed by atoms with Gasteiger partial charge in [0.05, 0.1) is 0 Å². The van der Waals surface area contributed by atoms with Gasteiger partial charge in [-0.3, -0.25) is 11.5 Å². The fourth-order valence-electron chi connectivity index (χ4n) is 3.01. The molecule has 0 saturated heterocycles. The fourth-order valence-corrected chi connectivity index (χ4v) is 3.52. The molecule has 0 radical (unpaired) electrons. The predicted octanol–water partition coefficient (Wildman–Crippen LogP) is 3.71. The first-order valence-corrected chi connectivity index (χ1v) is 8.23. The van der Waals surface area contributed by atoms with E-state index in [0.717, 1.165) is 24.5 Å². The van der Waals surface area contributed by atoms with E-state index in [9.17, 15) is 43.9 Å². The van der Waals surface area contributed by atoms with Crippen molar-refractivity contribution in [3.8, 4) is 0 Å². The van der Waals surface area contributed by atoms with Gasteiger partial charge >= 0.3 is 5.70 Å². The van der Waals surface area contributed by atoms with Crippen LogP contribution in [-0.4, -0.2) is 5.70 Å². The summed E-state index contributed by atoms with van der Waals surface area (Å²) in [5, 5.41) is 0. The topological polar surface area (TPSA) is 3.88 Å². The Morgan fingerprint density at radius 2 is 0.733 bits per heavy atom. The summed E-state index contributed by atoms with van der Waals surface area (Å²) < 4.78 is 140. The van der Waals surface area contributed by atoms with Gasteiger partial charge in [-0.2, -0.15) is 0 Å². The minimum absolute atomic E-state index is 0.373. The van der Waals surface area contributed by atoms with E-state index in [1.54, 1.807) is 0 Å². The minimum Gasteiger partial charge on any atom is -0.405 e. The zero-order chi connectivity index (χ0) is 22.5. The van der Waals surface area contributed by atoms with Crippen LogP contribution in [0.3, 0.4) is 0 Å². The summed E-state index contributed by atoms with van der Waals surface area (Å²) in [4.78, 5) is 0. The van der Waals surface area contributed by atoms with Crippen molar-refractivity contribution in [2.45, 2.75) is 0 Å². The Bertz CT molecular complexity index is 1040. The number of rotatable bonds is 3. The van der Waals surface area contributed by atoms with Crippen LogP contribution in [0.4, 0.5) is 43.9 Å². The fraction of sp³-hybridized carbons (Fsp3) is 0. The molecule has 0 atom stereocenters. The van der Waals surface area contributed by atoms with Crippen LogP contribution in [-0.2, 0) is 0 Å². The molecule has 0 unspecified atom stereocenters. The van der Waals surface area contributed by atoms with Crippen molar-refractivity contribution in [1.29, 1.82) is 0 Å². The molecule has 0 saturated carbocycles. The van der Waals surface area contributed by atoms with E-state index in [1.165, 1.54) is 6.07 Å². The number of benzene rings is 2. The number of pyridine rings is 1. The van der Waals surface area contributed by atoms with E-state index >= 15 is 0 Å². The molecule has 1 nitrogen and oxygen atoms in total. The maximum absolute atomic E-state index is 14.5. The minimum atomic E-state index is -4.52. The van der Waals surface area contributed by atoms with Gasteiger partial charge < -0.3 is 4.48 Å². The first-order valence-electron chi connectivity index (χ1n) is 7.79. The molecule has 1 aromatic heterocycles. The van der Waals surface area contributed by atoms with Crippen LogP contribution in [0.25, 0.3) is 0 Å². The van der Waals surface area contributed by atoms with E-state index in [4.69, 9.17) is 11.5 Å². The SMILES string of the molecule is Fc1c(F)c(F)c([B-](Cl)(c2c(F)c(F)c(F)c(F)c2F)[n+]2ccccc2)c(F)c1F. The highest BCUT2D eigenvalue weighted by molar-refractivity contribution is 7.29. The Kier molecular flexibility index (Phi) is 5.48. The quantitative estimate of drug-likeness (QED) is 0.243. The normalized spacial score (nSPS) is 11.8. The zero-order valence-corrected chi connectivity index (χ0v) is 14.8. The third-order valence-corrected chi connectivity index (χ3v) is 5.06. The van der Waals surface area contributed by atoms with E-state index in [2.05, 4.69) is 0 Å². The largest absolute Gasteiger partial charge is 0.428 e. The molecule has 0 spiro atoms. The highest BCUT2D eigenvalue weighted by Crippen LogP contribution is 2.24. The Balaban J connectivity index is 2.60. The van der Waals surface area contributed by atoms with Gasteiger partial charge in [0.2, 0.25) is 0 Å². The molecule has 3 rings (SSSR count). The Hall–Kier alpha value is -2.76. The van der Waals surface area contributed by atoms with Gasteiger partial charge in [-0.25, -0.2) is 43.9 Å². The molecular weight excluding hydrogens is 454 g/mol. The number of nitrogens with zero attached hydrogens (tertiary/aromatic N) is 1. The molecule has 0 aliphatic heterocycles.